The van der Waals surface area contributed by atoms with Gasteiger partial charge in [-0.15, -0.1) is 24.0 Å². The summed E-state index contributed by atoms with van der Waals surface area (Å²) in [4.78, 5) is 11.9. The normalized spacial score (nSPS) is 22.9. The van der Waals surface area contributed by atoms with E-state index in [0.29, 0.717) is 12.1 Å². The molecule has 0 radical (unpaired) electrons. The lowest BCUT2D eigenvalue weighted by Crippen LogP contribution is -2.56. The monoisotopic (exact) mass is 514 g/mol. The molecule has 1 aromatic rings. The third kappa shape index (κ3) is 7.38. The van der Waals surface area contributed by atoms with Crippen molar-refractivity contribution < 1.29 is 0 Å². The van der Waals surface area contributed by atoms with Crippen molar-refractivity contribution in [2.75, 3.05) is 60.4 Å². The van der Waals surface area contributed by atoms with Gasteiger partial charge in [-0.05, 0) is 45.0 Å². The van der Waals surface area contributed by atoms with Crippen LogP contribution in [0.3, 0.4) is 0 Å². The van der Waals surface area contributed by atoms with Gasteiger partial charge in [-0.1, -0.05) is 24.3 Å². The van der Waals surface area contributed by atoms with Gasteiger partial charge in [-0.2, -0.15) is 0 Å². The average Bonchev–Trinajstić information content (AvgIpc) is 2.70. The van der Waals surface area contributed by atoms with E-state index in [1.165, 1.54) is 24.0 Å². The Morgan fingerprint density at radius 1 is 1.10 bits per heavy atom. The van der Waals surface area contributed by atoms with Crippen molar-refractivity contribution in [2.45, 2.75) is 38.4 Å². The van der Waals surface area contributed by atoms with Crippen molar-refractivity contribution in [1.82, 2.24) is 25.3 Å². The summed E-state index contributed by atoms with van der Waals surface area (Å²) in [6, 6.07) is 9.77. The summed E-state index contributed by atoms with van der Waals surface area (Å²) in [7, 11) is 6.30. The number of nitrogens with zero attached hydrogens (tertiary/aromatic N) is 4. The molecule has 2 heterocycles. The number of hydrogen-bond acceptors (Lipinski definition) is 4. The lowest BCUT2D eigenvalue weighted by Gasteiger charge is -2.38. The number of rotatable bonds is 5. The predicted octanol–water partition coefficient (Wildman–Crippen LogP) is 1.99. The Hall–Kier alpha value is -0.900. The maximum Gasteiger partial charge on any atom is 0.191 e. The first kappa shape index (κ1) is 24.4. The molecular formula is C22H39IN6. The van der Waals surface area contributed by atoms with Gasteiger partial charge >= 0.3 is 0 Å². The van der Waals surface area contributed by atoms with Gasteiger partial charge in [-0.3, -0.25) is 14.8 Å². The Morgan fingerprint density at radius 3 is 2.52 bits per heavy atom. The van der Waals surface area contributed by atoms with Gasteiger partial charge in [0.2, 0.25) is 0 Å². The minimum absolute atomic E-state index is 0. The van der Waals surface area contributed by atoms with Gasteiger partial charge in [-0.25, -0.2) is 0 Å². The number of hydrogen-bond donors (Lipinski definition) is 2. The molecule has 0 saturated carbocycles. The minimum atomic E-state index is 0. The molecule has 7 heteroatoms. The van der Waals surface area contributed by atoms with Gasteiger partial charge in [0.25, 0.3) is 0 Å². The van der Waals surface area contributed by atoms with Crippen LogP contribution in [0.5, 0.6) is 0 Å². The number of aliphatic imine (C=N–C) groups is 1. The van der Waals surface area contributed by atoms with E-state index >= 15 is 0 Å². The molecule has 1 atom stereocenters. The molecule has 3 rings (SSSR count). The van der Waals surface area contributed by atoms with Crippen LogP contribution in [0, 0.1) is 6.92 Å². The molecule has 29 heavy (non-hydrogen) atoms. The molecule has 2 N–H and O–H groups in total. The zero-order chi connectivity index (χ0) is 19.9. The standard InChI is InChI=1S/C22H38N6.HI/c1-18-7-5-6-8-19(18)16-28-11-9-20(10-12-28)25-22(23-2)24-15-21-17-26(3)13-14-27(21)4;/h5-8,20-21H,9-17H2,1-4H3,(H2,23,24,25);1H. The summed E-state index contributed by atoms with van der Waals surface area (Å²) in [6.07, 6.45) is 2.33. The fourth-order valence-electron chi connectivity index (χ4n) is 4.19. The summed E-state index contributed by atoms with van der Waals surface area (Å²) in [6.45, 7) is 9.88. The first-order chi connectivity index (χ1) is 13.5. The van der Waals surface area contributed by atoms with Crippen molar-refractivity contribution in [2.24, 2.45) is 4.99 Å². The number of guanidine groups is 1. The number of piperazine rings is 1. The Labute approximate surface area is 194 Å². The molecule has 2 fully saturated rings. The van der Waals surface area contributed by atoms with E-state index in [4.69, 9.17) is 0 Å². The molecule has 164 valence electrons. The second-order valence-corrected chi connectivity index (χ2v) is 8.47. The second-order valence-electron chi connectivity index (χ2n) is 8.47. The van der Waals surface area contributed by atoms with Gasteiger partial charge in [0.15, 0.2) is 5.96 Å². The van der Waals surface area contributed by atoms with E-state index in [9.17, 15) is 0 Å². The van der Waals surface area contributed by atoms with Crippen molar-refractivity contribution in [3.8, 4) is 0 Å². The molecule has 0 aromatic heterocycles. The lowest BCUT2D eigenvalue weighted by atomic mass is 10.0. The van der Waals surface area contributed by atoms with Crippen LogP contribution >= 0.6 is 24.0 Å². The first-order valence-corrected chi connectivity index (χ1v) is 10.7. The van der Waals surface area contributed by atoms with Gasteiger partial charge in [0, 0.05) is 64.9 Å². The number of aryl methyl sites for hydroxylation is 1. The molecule has 2 aliphatic heterocycles. The predicted molar refractivity (Wildman–Crippen MR) is 133 cm³/mol. The SMILES string of the molecule is CN=C(NCC1CN(C)CCN1C)NC1CCN(Cc2ccccc2C)CC1.I. The summed E-state index contributed by atoms with van der Waals surface area (Å²) in [5.74, 6) is 0.944. The lowest BCUT2D eigenvalue weighted by molar-refractivity contribution is 0.116. The highest BCUT2D eigenvalue weighted by atomic mass is 127. The van der Waals surface area contributed by atoms with Crippen molar-refractivity contribution in [3.05, 3.63) is 35.4 Å². The molecule has 2 aliphatic rings. The highest BCUT2D eigenvalue weighted by Crippen LogP contribution is 2.16. The fourth-order valence-corrected chi connectivity index (χ4v) is 4.19. The maximum absolute atomic E-state index is 4.46. The molecule has 6 nitrogen and oxygen atoms in total. The zero-order valence-corrected chi connectivity index (χ0v) is 20.9. The second kappa shape index (κ2) is 12.1. The van der Waals surface area contributed by atoms with Gasteiger partial charge in [0.05, 0.1) is 0 Å². The summed E-state index contributed by atoms with van der Waals surface area (Å²) < 4.78 is 0. The van der Waals surface area contributed by atoms with Gasteiger partial charge in [0.1, 0.15) is 0 Å². The topological polar surface area (TPSA) is 46.1 Å². The first-order valence-electron chi connectivity index (χ1n) is 10.7. The van der Waals surface area contributed by atoms with Crippen LogP contribution in [0.25, 0.3) is 0 Å². The van der Waals surface area contributed by atoms with Crippen LogP contribution in [0.2, 0.25) is 0 Å². The van der Waals surface area contributed by atoms with Crippen molar-refractivity contribution >= 4 is 29.9 Å². The third-order valence-corrected chi connectivity index (χ3v) is 6.29. The van der Waals surface area contributed by atoms with Crippen LogP contribution in [-0.4, -0.2) is 93.2 Å². The van der Waals surface area contributed by atoms with Crippen molar-refractivity contribution in [1.29, 1.82) is 0 Å². The number of likely N-dealkylation sites (tertiary alicyclic amines) is 1. The number of nitrogens with one attached hydrogen (secondary N) is 2. The Bertz CT molecular complexity index is 644. The van der Waals surface area contributed by atoms with E-state index in [1.807, 2.05) is 7.05 Å². The fraction of sp³-hybridized carbons (Fsp3) is 0.682. The van der Waals surface area contributed by atoms with E-state index in [0.717, 1.165) is 51.8 Å². The Balaban J connectivity index is 0.00000300. The summed E-state index contributed by atoms with van der Waals surface area (Å²) >= 11 is 0. The largest absolute Gasteiger partial charge is 0.355 e. The Kier molecular flexibility index (Phi) is 10.1. The number of piperidine rings is 1. The van der Waals surface area contributed by atoms with Crippen molar-refractivity contribution in [3.63, 3.8) is 0 Å². The zero-order valence-electron chi connectivity index (χ0n) is 18.5. The van der Waals surface area contributed by atoms with Crippen LogP contribution in [0.4, 0.5) is 0 Å². The molecule has 1 aromatic carbocycles. The molecule has 2 saturated heterocycles. The molecule has 0 amide bonds. The van der Waals surface area contributed by atoms with E-state index in [1.54, 1.807) is 0 Å². The van der Waals surface area contributed by atoms with Crippen LogP contribution in [0.15, 0.2) is 29.3 Å². The quantitative estimate of drug-likeness (QED) is 0.358. The molecule has 0 bridgehead atoms. The molecular weight excluding hydrogens is 475 g/mol. The smallest absolute Gasteiger partial charge is 0.191 e. The number of halogens is 1. The van der Waals surface area contributed by atoms with Gasteiger partial charge < -0.3 is 15.5 Å². The van der Waals surface area contributed by atoms with Crippen LogP contribution in [0.1, 0.15) is 24.0 Å². The van der Waals surface area contributed by atoms with Crippen LogP contribution in [-0.2, 0) is 6.54 Å². The summed E-state index contributed by atoms with van der Waals surface area (Å²) in [5.41, 5.74) is 2.85. The minimum Gasteiger partial charge on any atom is -0.355 e. The molecule has 1 unspecified atom stereocenters. The van der Waals surface area contributed by atoms with E-state index in [-0.39, 0.29) is 24.0 Å². The maximum atomic E-state index is 4.46. The average molecular weight is 515 g/mol. The number of likely N-dealkylation sites (N-methyl/N-ethyl adjacent to an activating group) is 2. The Morgan fingerprint density at radius 2 is 1.83 bits per heavy atom. The van der Waals surface area contributed by atoms with E-state index in [2.05, 4.69) is 75.6 Å². The van der Waals surface area contributed by atoms with Crippen LogP contribution < -0.4 is 10.6 Å². The van der Waals surface area contributed by atoms with E-state index < -0.39 is 0 Å². The third-order valence-electron chi connectivity index (χ3n) is 6.29. The number of benzene rings is 1. The molecule has 0 aliphatic carbocycles. The summed E-state index contributed by atoms with van der Waals surface area (Å²) in [5, 5.41) is 7.20. The highest BCUT2D eigenvalue weighted by Gasteiger charge is 2.23. The molecule has 0 spiro atoms. The highest BCUT2D eigenvalue weighted by molar-refractivity contribution is 14.0.